The van der Waals surface area contributed by atoms with Crippen molar-refractivity contribution < 1.29 is 13.2 Å². The Morgan fingerprint density at radius 2 is 2.12 bits per heavy atom. The van der Waals surface area contributed by atoms with Crippen LogP contribution in [0.3, 0.4) is 0 Å². The molecule has 0 bridgehead atoms. The molecule has 1 saturated heterocycles. The molecule has 1 aromatic heterocycles. The van der Waals surface area contributed by atoms with E-state index in [1.807, 2.05) is 31.2 Å². The number of hydrogen-bond donors (Lipinski definition) is 2. The zero-order valence-corrected chi connectivity index (χ0v) is 14.8. The van der Waals surface area contributed by atoms with Crippen molar-refractivity contribution in [1.29, 1.82) is 0 Å². The third-order valence-electron chi connectivity index (χ3n) is 4.51. The number of aryl methyl sites for hydroxylation is 1. The van der Waals surface area contributed by atoms with Crippen molar-refractivity contribution in [1.82, 2.24) is 14.6 Å². The van der Waals surface area contributed by atoms with Crippen molar-refractivity contribution in [2.24, 2.45) is 0 Å². The van der Waals surface area contributed by atoms with Gasteiger partial charge >= 0.3 is 0 Å². The molecule has 7 heteroatoms. The summed E-state index contributed by atoms with van der Waals surface area (Å²) in [6.07, 6.45) is 3.07. The van der Waals surface area contributed by atoms with Crippen LogP contribution in [0.5, 0.6) is 0 Å². The Morgan fingerprint density at radius 1 is 1.38 bits per heavy atom. The highest BCUT2D eigenvalue weighted by molar-refractivity contribution is 7.88. The van der Waals surface area contributed by atoms with Crippen LogP contribution in [0.2, 0.25) is 0 Å². The number of piperidine rings is 1. The predicted octanol–water partition coefficient (Wildman–Crippen LogP) is 1.56. The number of nitrogens with one attached hydrogen (secondary N) is 2. The second-order valence-electron chi connectivity index (χ2n) is 6.52. The van der Waals surface area contributed by atoms with Gasteiger partial charge in [0.1, 0.15) is 0 Å². The standard InChI is InChI=1S/C17H23N3O3S/c1-12-15(14-7-3-4-8-16(14)18-12)10-17(21)20-9-5-6-13(11-20)19-24(2,22)23/h3-4,7-8,13,18-19H,5-6,9-11H2,1-2H3. The van der Waals surface area contributed by atoms with Crippen molar-refractivity contribution in [3.8, 4) is 0 Å². The van der Waals surface area contributed by atoms with Crippen LogP contribution in [0, 0.1) is 6.92 Å². The molecule has 1 atom stereocenters. The summed E-state index contributed by atoms with van der Waals surface area (Å²) in [7, 11) is -3.25. The van der Waals surface area contributed by atoms with Crippen molar-refractivity contribution in [3.63, 3.8) is 0 Å². The van der Waals surface area contributed by atoms with Gasteiger partial charge in [0.25, 0.3) is 0 Å². The van der Waals surface area contributed by atoms with Crippen molar-refractivity contribution in [2.45, 2.75) is 32.2 Å². The van der Waals surface area contributed by atoms with Crippen LogP contribution in [-0.2, 0) is 21.2 Å². The first-order chi connectivity index (χ1) is 11.3. The Kier molecular flexibility index (Phi) is 4.64. The molecule has 3 rings (SSSR count). The number of benzene rings is 1. The number of nitrogens with zero attached hydrogens (tertiary/aromatic N) is 1. The lowest BCUT2D eigenvalue weighted by Crippen LogP contribution is -2.49. The molecule has 130 valence electrons. The quantitative estimate of drug-likeness (QED) is 0.879. The molecular weight excluding hydrogens is 326 g/mol. The Bertz CT molecular complexity index is 857. The van der Waals surface area contributed by atoms with Crippen LogP contribution >= 0.6 is 0 Å². The molecule has 6 nitrogen and oxygen atoms in total. The van der Waals surface area contributed by atoms with Gasteiger partial charge in [0, 0.05) is 35.7 Å². The average Bonchev–Trinajstić information content (AvgIpc) is 2.82. The van der Waals surface area contributed by atoms with Gasteiger partial charge in [-0.05, 0) is 31.4 Å². The minimum Gasteiger partial charge on any atom is -0.358 e. The van der Waals surface area contributed by atoms with Crippen LogP contribution in [0.1, 0.15) is 24.1 Å². The summed E-state index contributed by atoms with van der Waals surface area (Å²) < 4.78 is 25.4. The van der Waals surface area contributed by atoms with Crippen molar-refractivity contribution >= 4 is 26.8 Å². The van der Waals surface area contributed by atoms with E-state index in [0.29, 0.717) is 19.5 Å². The topological polar surface area (TPSA) is 82.3 Å². The van der Waals surface area contributed by atoms with Gasteiger partial charge in [0.15, 0.2) is 0 Å². The highest BCUT2D eigenvalue weighted by Crippen LogP contribution is 2.23. The maximum atomic E-state index is 12.7. The molecule has 0 saturated carbocycles. The number of carbonyl (C=O) groups excluding carboxylic acids is 1. The monoisotopic (exact) mass is 349 g/mol. The highest BCUT2D eigenvalue weighted by Gasteiger charge is 2.26. The lowest BCUT2D eigenvalue weighted by molar-refractivity contribution is -0.131. The number of likely N-dealkylation sites (tertiary alicyclic amines) is 1. The second-order valence-corrected chi connectivity index (χ2v) is 8.30. The number of aromatic nitrogens is 1. The van der Waals surface area contributed by atoms with Crippen LogP contribution in [0.25, 0.3) is 10.9 Å². The van der Waals surface area contributed by atoms with E-state index in [0.717, 1.165) is 41.3 Å². The summed E-state index contributed by atoms with van der Waals surface area (Å²) in [5.74, 6) is 0.0443. The Balaban J connectivity index is 1.73. The lowest BCUT2D eigenvalue weighted by atomic mass is 10.0. The van der Waals surface area contributed by atoms with Gasteiger partial charge in [-0.15, -0.1) is 0 Å². The zero-order chi connectivity index (χ0) is 17.3. The van der Waals surface area contributed by atoms with Crippen LogP contribution in [0.15, 0.2) is 24.3 Å². The molecule has 0 spiro atoms. The molecule has 2 aromatic rings. The fourth-order valence-electron chi connectivity index (χ4n) is 3.43. The van der Waals surface area contributed by atoms with Gasteiger partial charge < -0.3 is 9.88 Å². The first-order valence-corrected chi connectivity index (χ1v) is 10.0. The van der Waals surface area contributed by atoms with Gasteiger partial charge in [-0.1, -0.05) is 18.2 Å². The zero-order valence-electron chi connectivity index (χ0n) is 14.0. The fourth-order valence-corrected chi connectivity index (χ4v) is 4.23. The van der Waals surface area contributed by atoms with Gasteiger partial charge in [-0.3, -0.25) is 4.79 Å². The lowest BCUT2D eigenvalue weighted by Gasteiger charge is -2.32. The maximum Gasteiger partial charge on any atom is 0.227 e. The van der Waals surface area contributed by atoms with Crippen molar-refractivity contribution in [3.05, 3.63) is 35.5 Å². The van der Waals surface area contributed by atoms with Crippen LogP contribution in [-0.4, -0.2) is 49.6 Å². The molecule has 0 radical (unpaired) electrons. The fraction of sp³-hybridized carbons (Fsp3) is 0.471. The Hall–Kier alpha value is -1.86. The normalized spacial score (nSPS) is 18.9. The first kappa shape index (κ1) is 17.0. The third-order valence-corrected chi connectivity index (χ3v) is 5.27. The highest BCUT2D eigenvalue weighted by atomic mass is 32.2. The number of H-pyrrole nitrogens is 1. The molecule has 1 fully saturated rings. The van der Waals surface area contributed by atoms with E-state index in [1.165, 1.54) is 0 Å². The van der Waals surface area contributed by atoms with Crippen LogP contribution in [0.4, 0.5) is 0 Å². The van der Waals surface area contributed by atoms with Gasteiger partial charge in [0.05, 0.1) is 12.7 Å². The van der Waals surface area contributed by atoms with E-state index < -0.39 is 10.0 Å². The van der Waals surface area contributed by atoms with Gasteiger partial charge in [0.2, 0.25) is 15.9 Å². The smallest absolute Gasteiger partial charge is 0.227 e. The molecular formula is C17H23N3O3S. The molecule has 1 aliphatic rings. The molecule has 1 amide bonds. The van der Waals surface area contributed by atoms with E-state index in [1.54, 1.807) is 4.90 Å². The minimum absolute atomic E-state index is 0.0443. The number of fused-ring (bicyclic) bond motifs is 1. The van der Waals surface area contributed by atoms with Crippen molar-refractivity contribution in [2.75, 3.05) is 19.3 Å². The molecule has 2 N–H and O–H groups in total. The maximum absolute atomic E-state index is 12.7. The molecule has 1 aliphatic heterocycles. The Labute approximate surface area is 142 Å². The third kappa shape index (κ3) is 3.79. The molecule has 1 unspecified atom stereocenters. The average molecular weight is 349 g/mol. The van der Waals surface area contributed by atoms with E-state index in [2.05, 4.69) is 9.71 Å². The summed E-state index contributed by atoms with van der Waals surface area (Å²) in [5, 5.41) is 1.08. The number of amides is 1. The largest absolute Gasteiger partial charge is 0.358 e. The minimum atomic E-state index is -3.25. The van der Waals surface area contributed by atoms with E-state index in [9.17, 15) is 13.2 Å². The number of hydrogen-bond acceptors (Lipinski definition) is 3. The molecule has 1 aromatic carbocycles. The predicted molar refractivity (Wildman–Crippen MR) is 94.3 cm³/mol. The Morgan fingerprint density at radius 3 is 2.88 bits per heavy atom. The van der Waals surface area contributed by atoms with E-state index in [-0.39, 0.29) is 11.9 Å². The molecule has 24 heavy (non-hydrogen) atoms. The number of carbonyl (C=O) groups is 1. The summed E-state index contributed by atoms with van der Waals surface area (Å²) >= 11 is 0. The number of sulfonamides is 1. The molecule has 0 aliphatic carbocycles. The second kappa shape index (κ2) is 6.57. The van der Waals surface area contributed by atoms with Gasteiger partial charge in [-0.25, -0.2) is 13.1 Å². The molecule has 2 heterocycles. The summed E-state index contributed by atoms with van der Waals surface area (Å²) in [5.41, 5.74) is 3.06. The number of para-hydroxylation sites is 1. The van der Waals surface area contributed by atoms with E-state index >= 15 is 0 Å². The van der Waals surface area contributed by atoms with Crippen LogP contribution < -0.4 is 4.72 Å². The van der Waals surface area contributed by atoms with Gasteiger partial charge in [-0.2, -0.15) is 0 Å². The van der Waals surface area contributed by atoms with E-state index in [4.69, 9.17) is 0 Å². The summed E-state index contributed by atoms with van der Waals surface area (Å²) in [4.78, 5) is 17.8. The number of rotatable bonds is 4. The summed E-state index contributed by atoms with van der Waals surface area (Å²) in [6, 6.07) is 7.77. The number of aromatic amines is 1. The first-order valence-electron chi connectivity index (χ1n) is 8.15. The summed E-state index contributed by atoms with van der Waals surface area (Å²) in [6.45, 7) is 3.10. The SMILES string of the molecule is Cc1[nH]c2ccccc2c1CC(=O)N1CCCC(NS(C)(=O)=O)C1.